The van der Waals surface area contributed by atoms with Crippen molar-refractivity contribution in [2.24, 2.45) is 5.92 Å². The molecule has 1 aliphatic carbocycles. The third-order valence-corrected chi connectivity index (χ3v) is 4.41. The molecule has 25 heavy (non-hydrogen) atoms. The van der Waals surface area contributed by atoms with Crippen LogP contribution in [0, 0.1) is 11.7 Å². The Morgan fingerprint density at radius 2 is 1.92 bits per heavy atom. The van der Waals surface area contributed by atoms with Crippen LogP contribution in [0.4, 0.5) is 9.18 Å². The SMILES string of the molecule is COc1ccc(CN(C)C(=O)NCCNC(=O)C2CCCC2)cc1F. The largest absolute Gasteiger partial charge is 0.494 e. The smallest absolute Gasteiger partial charge is 0.317 e. The Balaban J connectivity index is 1.69. The molecule has 0 aliphatic heterocycles. The average Bonchev–Trinajstić information content (AvgIpc) is 3.13. The molecule has 1 aromatic rings. The Bertz CT molecular complexity index is 603. The van der Waals surface area contributed by atoms with Crippen molar-refractivity contribution in [1.29, 1.82) is 0 Å². The molecule has 0 aromatic heterocycles. The van der Waals surface area contributed by atoms with Gasteiger partial charge < -0.3 is 20.3 Å². The topological polar surface area (TPSA) is 70.7 Å². The fourth-order valence-corrected chi connectivity index (χ4v) is 2.98. The molecule has 0 bridgehead atoms. The summed E-state index contributed by atoms with van der Waals surface area (Å²) in [5, 5.41) is 5.59. The van der Waals surface area contributed by atoms with E-state index < -0.39 is 5.82 Å². The van der Waals surface area contributed by atoms with Crippen molar-refractivity contribution in [2.45, 2.75) is 32.2 Å². The second-order valence-corrected chi connectivity index (χ2v) is 6.33. The van der Waals surface area contributed by atoms with Gasteiger partial charge in [0, 0.05) is 32.6 Å². The molecule has 6 nitrogen and oxygen atoms in total. The average molecular weight is 351 g/mol. The number of carbonyl (C=O) groups excluding carboxylic acids is 2. The third kappa shape index (κ3) is 5.62. The molecule has 1 saturated carbocycles. The summed E-state index contributed by atoms with van der Waals surface area (Å²) < 4.78 is 18.5. The number of carbonyl (C=O) groups is 2. The van der Waals surface area contributed by atoms with Crippen molar-refractivity contribution < 1.29 is 18.7 Å². The van der Waals surface area contributed by atoms with Gasteiger partial charge in [0.15, 0.2) is 11.6 Å². The van der Waals surface area contributed by atoms with Crippen LogP contribution in [-0.4, -0.2) is 44.1 Å². The molecule has 1 aromatic carbocycles. The fourth-order valence-electron chi connectivity index (χ4n) is 2.98. The lowest BCUT2D eigenvalue weighted by atomic mass is 10.1. The molecule has 2 N–H and O–H groups in total. The molecule has 1 aliphatic rings. The van der Waals surface area contributed by atoms with Crippen LogP contribution >= 0.6 is 0 Å². The first-order chi connectivity index (χ1) is 12.0. The minimum absolute atomic E-state index is 0.0776. The van der Waals surface area contributed by atoms with Crippen LogP contribution in [0.5, 0.6) is 5.75 Å². The second kappa shape index (κ2) is 9.25. The Labute approximate surface area is 147 Å². The van der Waals surface area contributed by atoms with E-state index in [0.29, 0.717) is 18.7 Å². The van der Waals surface area contributed by atoms with E-state index in [1.165, 1.54) is 24.1 Å². The van der Waals surface area contributed by atoms with E-state index >= 15 is 0 Å². The van der Waals surface area contributed by atoms with Gasteiger partial charge in [-0.15, -0.1) is 0 Å². The number of amides is 3. The summed E-state index contributed by atoms with van der Waals surface area (Å²) in [5.74, 6) is -0.0746. The van der Waals surface area contributed by atoms with Gasteiger partial charge in [0.2, 0.25) is 5.91 Å². The zero-order valence-electron chi connectivity index (χ0n) is 14.8. The first kappa shape index (κ1) is 19.0. The van der Waals surface area contributed by atoms with Crippen molar-refractivity contribution in [1.82, 2.24) is 15.5 Å². The highest BCUT2D eigenvalue weighted by molar-refractivity contribution is 5.79. The van der Waals surface area contributed by atoms with Gasteiger partial charge in [-0.1, -0.05) is 18.9 Å². The number of rotatable bonds is 7. The van der Waals surface area contributed by atoms with Gasteiger partial charge >= 0.3 is 6.03 Å². The number of ether oxygens (including phenoxy) is 1. The van der Waals surface area contributed by atoms with E-state index in [4.69, 9.17) is 4.74 Å². The van der Waals surface area contributed by atoms with Crippen molar-refractivity contribution in [3.8, 4) is 5.75 Å². The number of hydrogen-bond acceptors (Lipinski definition) is 3. The molecule has 0 spiro atoms. The highest BCUT2D eigenvalue weighted by Gasteiger charge is 2.22. The molecule has 0 atom stereocenters. The number of halogens is 1. The van der Waals surface area contributed by atoms with Gasteiger partial charge in [-0.05, 0) is 30.5 Å². The van der Waals surface area contributed by atoms with E-state index in [1.807, 2.05) is 0 Å². The molecule has 138 valence electrons. The maximum absolute atomic E-state index is 13.7. The minimum Gasteiger partial charge on any atom is -0.494 e. The van der Waals surface area contributed by atoms with Crippen LogP contribution in [0.25, 0.3) is 0 Å². The Kier molecular flexibility index (Phi) is 7.03. The van der Waals surface area contributed by atoms with Gasteiger partial charge in [0.25, 0.3) is 0 Å². The maximum Gasteiger partial charge on any atom is 0.317 e. The van der Waals surface area contributed by atoms with E-state index in [2.05, 4.69) is 10.6 Å². The Morgan fingerprint density at radius 1 is 1.24 bits per heavy atom. The standard InChI is InChI=1S/C18H26FN3O3/c1-22(12-13-7-8-16(25-2)15(19)11-13)18(24)21-10-9-20-17(23)14-5-3-4-6-14/h7-8,11,14H,3-6,9-10,12H2,1-2H3,(H,20,23)(H,21,24). The van der Waals surface area contributed by atoms with E-state index in [0.717, 1.165) is 25.7 Å². The Morgan fingerprint density at radius 3 is 2.56 bits per heavy atom. The molecule has 7 heteroatoms. The molecule has 2 rings (SSSR count). The summed E-state index contributed by atoms with van der Waals surface area (Å²) in [6.07, 6.45) is 4.15. The molecular weight excluding hydrogens is 325 g/mol. The number of benzene rings is 1. The molecular formula is C18H26FN3O3. The molecule has 3 amide bonds. The highest BCUT2D eigenvalue weighted by atomic mass is 19.1. The summed E-state index contributed by atoms with van der Waals surface area (Å²) in [4.78, 5) is 25.4. The van der Waals surface area contributed by atoms with E-state index in [1.54, 1.807) is 13.1 Å². The van der Waals surface area contributed by atoms with Crippen LogP contribution in [0.3, 0.4) is 0 Å². The Hall–Kier alpha value is -2.31. The summed E-state index contributed by atoms with van der Waals surface area (Å²) >= 11 is 0. The van der Waals surface area contributed by atoms with Gasteiger partial charge in [-0.2, -0.15) is 0 Å². The summed E-state index contributed by atoms with van der Waals surface area (Å²) in [5.41, 5.74) is 0.672. The zero-order chi connectivity index (χ0) is 18.2. The lowest BCUT2D eigenvalue weighted by Crippen LogP contribution is -2.41. The first-order valence-corrected chi connectivity index (χ1v) is 8.60. The van der Waals surface area contributed by atoms with Crippen molar-refractivity contribution >= 4 is 11.9 Å². The van der Waals surface area contributed by atoms with Crippen molar-refractivity contribution in [2.75, 3.05) is 27.2 Å². The number of nitrogens with zero attached hydrogens (tertiary/aromatic N) is 1. The maximum atomic E-state index is 13.7. The normalized spacial score (nSPS) is 14.2. The first-order valence-electron chi connectivity index (χ1n) is 8.60. The van der Waals surface area contributed by atoms with E-state index in [9.17, 15) is 14.0 Å². The van der Waals surface area contributed by atoms with Crippen molar-refractivity contribution in [3.05, 3.63) is 29.6 Å². The van der Waals surface area contributed by atoms with Crippen LogP contribution in [-0.2, 0) is 11.3 Å². The van der Waals surface area contributed by atoms with Crippen LogP contribution < -0.4 is 15.4 Å². The fraction of sp³-hybridized carbons (Fsp3) is 0.556. The van der Waals surface area contributed by atoms with Gasteiger partial charge in [-0.3, -0.25) is 4.79 Å². The van der Waals surface area contributed by atoms with Crippen molar-refractivity contribution in [3.63, 3.8) is 0 Å². The quantitative estimate of drug-likeness (QED) is 0.741. The number of urea groups is 1. The highest BCUT2D eigenvalue weighted by Crippen LogP contribution is 2.24. The van der Waals surface area contributed by atoms with E-state index in [-0.39, 0.29) is 30.2 Å². The summed E-state index contributed by atoms with van der Waals surface area (Å²) in [6.45, 7) is 1.05. The van der Waals surface area contributed by atoms with Gasteiger partial charge in [0.1, 0.15) is 0 Å². The predicted molar refractivity (Wildman–Crippen MR) is 92.8 cm³/mol. The van der Waals surface area contributed by atoms with Gasteiger partial charge in [0.05, 0.1) is 7.11 Å². The molecule has 0 heterocycles. The minimum atomic E-state index is -0.455. The summed E-state index contributed by atoms with van der Waals surface area (Å²) in [7, 11) is 3.04. The summed E-state index contributed by atoms with van der Waals surface area (Å²) in [6, 6.07) is 4.33. The lowest BCUT2D eigenvalue weighted by Gasteiger charge is -2.19. The van der Waals surface area contributed by atoms with Crippen LogP contribution in [0.1, 0.15) is 31.2 Å². The number of hydrogen-bond donors (Lipinski definition) is 2. The van der Waals surface area contributed by atoms with Crippen LogP contribution in [0.2, 0.25) is 0 Å². The predicted octanol–water partition coefficient (Wildman–Crippen LogP) is 2.28. The third-order valence-electron chi connectivity index (χ3n) is 4.41. The molecule has 0 radical (unpaired) electrons. The molecule has 1 fully saturated rings. The zero-order valence-corrected chi connectivity index (χ0v) is 14.8. The second-order valence-electron chi connectivity index (χ2n) is 6.33. The van der Waals surface area contributed by atoms with Crippen LogP contribution in [0.15, 0.2) is 18.2 Å². The molecule has 0 saturated heterocycles. The lowest BCUT2D eigenvalue weighted by molar-refractivity contribution is -0.124. The number of nitrogens with one attached hydrogen (secondary N) is 2. The monoisotopic (exact) mass is 351 g/mol. The number of methoxy groups -OCH3 is 1. The molecule has 0 unspecified atom stereocenters. The van der Waals surface area contributed by atoms with Gasteiger partial charge in [-0.25, -0.2) is 9.18 Å².